The average Bonchev–Trinajstić information content (AvgIpc) is 2.36. The number of ketones is 1. The summed E-state index contributed by atoms with van der Waals surface area (Å²) in [4.78, 5) is 23.6. The zero-order chi connectivity index (χ0) is 13.3. The number of esters is 1. The van der Waals surface area contributed by atoms with Crippen molar-refractivity contribution in [3.05, 3.63) is 28.8 Å². The van der Waals surface area contributed by atoms with Crippen LogP contribution in [0, 0.1) is 12.8 Å². The van der Waals surface area contributed by atoms with Crippen LogP contribution in [-0.4, -0.2) is 26.0 Å². The minimum absolute atomic E-state index is 0.0232. The van der Waals surface area contributed by atoms with Gasteiger partial charge in [-0.05, 0) is 30.5 Å². The number of methoxy groups -OCH3 is 2. The molecular weight excluding hydrogens is 232 g/mol. The summed E-state index contributed by atoms with van der Waals surface area (Å²) in [7, 11) is 2.93. The molecule has 1 aliphatic carbocycles. The zero-order valence-corrected chi connectivity index (χ0v) is 10.8. The molecule has 0 aliphatic heterocycles. The summed E-state index contributed by atoms with van der Waals surface area (Å²) in [5.74, 6) is 0.00818. The van der Waals surface area contributed by atoms with E-state index in [4.69, 9.17) is 9.47 Å². The lowest BCUT2D eigenvalue weighted by atomic mass is 9.82. The Labute approximate surface area is 106 Å². The van der Waals surface area contributed by atoms with E-state index in [0.717, 1.165) is 11.1 Å². The molecule has 0 radical (unpaired) electrons. The quantitative estimate of drug-likeness (QED) is 0.750. The molecule has 4 heteroatoms. The van der Waals surface area contributed by atoms with E-state index in [2.05, 4.69) is 0 Å². The maximum Gasteiger partial charge on any atom is 0.309 e. The molecule has 1 unspecified atom stereocenters. The number of rotatable bonds is 2. The number of Topliss-reactive ketones (excluding diaryl/α,β-unsaturated/α-hetero) is 1. The first-order valence-corrected chi connectivity index (χ1v) is 5.85. The summed E-state index contributed by atoms with van der Waals surface area (Å²) in [6.07, 6.45) is 0.768. The van der Waals surface area contributed by atoms with Crippen molar-refractivity contribution in [3.8, 4) is 5.75 Å². The lowest BCUT2D eigenvalue weighted by Gasteiger charge is -2.23. The number of aryl methyl sites for hydroxylation is 1. The van der Waals surface area contributed by atoms with E-state index >= 15 is 0 Å². The smallest absolute Gasteiger partial charge is 0.309 e. The van der Waals surface area contributed by atoms with Crippen molar-refractivity contribution in [2.24, 2.45) is 5.92 Å². The van der Waals surface area contributed by atoms with Crippen molar-refractivity contribution >= 4 is 11.8 Å². The van der Waals surface area contributed by atoms with Crippen LogP contribution in [-0.2, 0) is 16.0 Å². The minimum Gasteiger partial charge on any atom is -0.496 e. The van der Waals surface area contributed by atoms with E-state index in [1.807, 2.05) is 13.0 Å². The standard InChI is InChI=1S/C14H16O4/c1-8-4-9-5-10(14(16)18-3)6-12(15)11(9)7-13(8)17-2/h4,7,10H,5-6H2,1-3H3. The van der Waals surface area contributed by atoms with Crippen LogP contribution in [0.25, 0.3) is 0 Å². The number of fused-ring (bicyclic) bond motifs is 1. The van der Waals surface area contributed by atoms with Gasteiger partial charge in [0.1, 0.15) is 5.75 Å². The van der Waals surface area contributed by atoms with Gasteiger partial charge in [-0.2, -0.15) is 0 Å². The van der Waals surface area contributed by atoms with E-state index in [-0.39, 0.29) is 24.1 Å². The molecule has 2 rings (SSSR count). The van der Waals surface area contributed by atoms with Gasteiger partial charge >= 0.3 is 5.97 Å². The molecule has 1 aromatic rings. The Morgan fingerprint density at radius 3 is 2.61 bits per heavy atom. The predicted molar refractivity (Wildman–Crippen MR) is 65.9 cm³/mol. The maximum atomic E-state index is 12.0. The van der Waals surface area contributed by atoms with E-state index in [1.54, 1.807) is 13.2 Å². The van der Waals surface area contributed by atoms with Gasteiger partial charge in [0.05, 0.1) is 20.1 Å². The highest BCUT2D eigenvalue weighted by molar-refractivity contribution is 6.01. The van der Waals surface area contributed by atoms with Crippen molar-refractivity contribution in [2.45, 2.75) is 19.8 Å². The predicted octanol–water partition coefficient (Wildman–Crippen LogP) is 1.92. The molecule has 0 saturated carbocycles. The van der Waals surface area contributed by atoms with Crippen LogP contribution in [0.3, 0.4) is 0 Å². The Bertz CT molecular complexity index is 505. The molecule has 96 valence electrons. The normalized spacial score (nSPS) is 18.2. The van der Waals surface area contributed by atoms with Gasteiger partial charge in [0.25, 0.3) is 0 Å². The first kappa shape index (κ1) is 12.6. The van der Waals surface area contributed by atoms with Gasteiger partial charge in [-0.25, -0.2) is 0 Å². The fourth-order valence-electron chi connectivity index (χ4n) is 2.40. The monoisotopic (exact) mass is 248 g/mol. The molecule has 0 saturated heterocycles. The second-order valence-corrected chi connectivity index (χ2v) is 4.53. The van der Waals surface area contributed by atoms with E-state index in [1.165, 1.54) is 7.11 Å². The van der Waals surface area contributed by atoms with Crippen LogP contribution in [0.1, 0.15) is 27.9 Å². The molecule has 0 amide bonds. The Balaban J connectivity index is 2.39. The molecule has 0 fully saturated rings. The lowest BCUT2D eigenvalue weighted by molar-refractivity contribution is -0.145. The number of carbonyl (C=O) groups is 2. The average molecular weight is 248 g/mol. The van der Waals surface area contributed by atoms with E-state index in [9.17, 15) is 9.59 Å². The highest BCUT2D eigenvalue weighted by Gasteiger charge is 2.31. The third-order valence-electron chi connectivity index (χ3n) is 3.35. The van der Waals surface area contributed by atoms with Crippen LogP contribution in [0.15, 0.2) is 12.1 Å². The first-order chi connectivity index (χ1) is 8.56. The molecule has 0 heterocycles. The lowest BCUT2D eigenvalue weighted by Crippen LogP contribution is -2.27. The van der Waals surface area contributed by atoms with Crippen molar-refractivity contribution in [1.29, 1.82) is 0 Å². The third-order valence-corrected chi connectivity index (χ3v) is 3.35. The minimum atomic E-state index is -0.359. The molecule has 1 aliphatic rings. The van der Waals surface area contributed by atoms with Crippen molar-refractivity contribution in [3.63, 3.8) is 0 Å². The number of hydrogen-bond acceptors (Lipinski definition) is 4. The number of hydrogen-bond donors (Lipinski definition) is 0. The van der Waals surface area contributed by atoms with Crippen LogP contribution in [0.5, 0.6) is 5.75 Å². The fraction of sp³-hybridized carbons (Fsp3) is 0.429. The van der Waals surface area contributed by atoms with Gasteiger partial charge < -0.3 is 9.47 Å². The zero-order valence-electron chi connectivity index (χ0n) is 10.8. The van der Waals surface area contributed by atoms with Crippen molar-refractivity contribution in [1.82, 2.24) is 0 Å². The van der Waals surface area contributed by atoms with E-state index in [0.29, 0.717) is 17.7 Å². The molecule has 0 spiro atoms. The summed E-state index contributed by atoms with van der Waals surface area (Å²) >= 11 is 0. The Morgan fingerprint density at radius 1 is 1.28 bits per heavy atom. The Kier molecular flexibility index (Phi) is 3.36. The molecule has 18 heavy (non-hydrogen) atoms. The topological polar surface area (TPSA) is 52.6 Å². The second kappa shape index (κ2) is 4.80. The van der Waals surface area contributed by atoms with Gasteiger partial charge in [-0.15, -0.1) is 0 Å². The highest BCUT2D eigenvalue weighted by atomic mass is 16.5. The Hall–Kier alpha value is -1.84. The first-order valence-electron chi connectivity index (χ1n) is 5.85. The Morgan fingerprint density at radius 2 is 2.00 bits per heavy atom. The van der Waals surface area contributed by atoms with Gasteiger partial charge in [-0.1, -0.05) is 6.07 Å². The summed E-state index contributed by atoms with van der Waals surface area (Å²) in [6.45, 7) is 1.92. The van der Waals surface area contributed by atoms with Gasteiger partial charge in [-0.3, -0.25) is 9.59 Å². The molecule has 4 nitrogen and oxygen atoms in total. The number of benzene rings is 1. The SMILES string of the molecule is COC(=O)C1CC(=O)c2cc(OC)c(C)cc2C1. The molecular formula is C14H16O4. The number of carbonyl (C=O) groups excluding carboxylic acids is 2. The largest absolute Gasteiger partial charge is 0.496 e. The second-order valence-electron chi connectivity index (χ2n) is 4.53. The van der Waals surface area contributed by atoms with E-state index < -0.39 is 0 Å². The number of ether oxygens (including phenoxy) is 2. The molecule has 0 bridgehead atoms. The summed E-state index contributed by atoms with van der Waals surface area (Å²) in [6, 6.07) is 3.68. The fourth-order valence-corrected chi connectivity index (χ4v) is 2.40. The molecule has 0 N–H and O–H groups in total. The maximum absolute atomic E-state index is 12.0. The van der Waals surface area contributed by atoms with Crippen LogP contribution in [0.2, 0.25) is 0 Å². The van der Waals surface area contributed by atoms with Crippen LogP contribution in [0.4, 0.5) is 0 Å². The van der Waals surface area contributed by atoms with Gasteiger partial charge in [0, 0.05) is 12.0 Å². The third kappa shape index (κ3) is 2.10. The molecule has 0 aromatic heterocycles. The van der Waals surface area contributed by atoms with Crippen LogP contribution >= 0.6 is 0 Å². The van der Waals surface area contributed by atoms with Gasteiger partial charge in [0.15, 0.2) is 5.78 Å². The van der Waals surface area contributed by atoms with Crippen LogP contribution < -0.4 is 4.74 Å². The summed E-state index contributed by atoms with van der Waals surface area (Å²) < 4.78 is 9.92. The van der Waals surface area contributed by atoms with Crippen molar-refractivity contribution < 1.29 is 19.1 Å². The molecule has 1 aromatic carbocycles. The molecule has 1 atom stereocenters. The van der Waals surface area contributed by atoms with Gasteiger partial charge in [0.2, 0.25) is 0 Å². The van der Waals surface area contributed by atoms with Crippen molar-refractivity contribution in [2.75, 3.05) is 14.2 Å². The highest BCUT2D eigenvalue weighted by Crippen LogP contribution is 2.31. The summed E-state index contributed by atoms with van der Waals surface area (Å²) in [5.41, 5.74) is 2.53. The summed E-state index contributed by atoms with van der Waals surface area (Å²) in [5, 5.41) is 0.